The summed E-state index contributed by atoms with van der Waals surface area (Å²) < 4.78 is 0. The van der Waals surface area contributed by atoms with Crippen molar-refractivity contribution in [2.24, 2.45) is 16.8 Å². The van der Waals surface area contributed by atoms with E-state index in [0.29, 0.717) is 5.92 Å². The van der Waals surface area contributed by atoms with Crippen LogP contribution in [0.4, 0.5) is 0 Å². The second kappa shape index (κ2) is 8.86. The first-order valence-electron chi connectivity index (χ1n) is 9.05. The minimum atomic E-state index is 0.659. The van der Waals surface area contributed by atoms with Gasteiger partial charge in [0, 0.05) is 7.05 Å². The molecule has 0 saturated heterocycles. The van der Waals surface area contributed by atoms with E-state index in [9.17, 15) is 0 Å². The molecule has 1 aliphatic carbocycles. The zero-order chi connectivity index (χ0) is 16.7. The highest BCUT2D eigenvalue weighted by Crippen LogP contribution is 2.36. The third kappa shape index (κ3) is 4.92. The number of hydrogen-bond donors (Lipinski definition) is 0. The monoisotopic (exact) mass is 309 g/mol. The Morgan fingerprint density at radius 1 is 1.17 bits per heavy atom. The molecule has 0 N–H and O–H groups in total. The summed E-state index contributed by atoms with van der Waals surface area (Å²) in [5.74, 6) is 1.41. The number of nitrogens with zero attached hydrogens (tertiary/aromatic N) is 1. The van der Waals surface area contributed by atoms with E-state index in [0.717, 1.165) is 18.1 Å². The lowest BCUT2D eigenvalue weighted by Gasteiger charge is -2.20. The molecule has 2 rings (SSSR count). The zero-order valence-corrected chi connectivity index (χ0v) is 15.2. The summed E-state index contributed by atoms with van der Waals surface area (Å²) in [7, 11) is 1.90. The highest BCUT2D eigenvalue weighted by Gasteiger charge is 2.22. The van der Waals surface area contributed by atoms with Crippen molar-refractivity contribution in [3.63, 3.8) is 0 Å². The molecule has 0 unspecified atom stereocenters. The van der Waals surface area contributed by atoms with Crippen LogP contribution in [0.3, 0.4) is 0 Å². The Morgan fingerprint density at radius 3 is 2.35 bits per heavy atom. The molecule has 1 aliphatic rings. The Balaban J connectivity index is 2.36. The molecule has 1 aromatic rings. The molecule has 1 heteroatoms. The number of allylic oxidation sites excluding steroid dienone is 4. The van der Waals surface area contributed by atoms with Crippen LogP contribution < -0.4 is 0 Å². The summed E-state index contributed by atoms with van der Waals surface area (Å²) in [6.07, 6.45) is 11.3. The Bertz CT molecular complexity index is 569. The molecule has 1 nitrogen and oxygen atoms in total. The van der Waals surface area contributed by atoms with Crippen molar-refractivity contribution in [3.05, 3.63) is 59.2 Å². The van der Waals surface area contributed by atoms with Gasteiger partial charge in [0.05, 0.1) is 5.71 Å². The summed E-state index contributed by atoms with van der Waals surface area (Å²) in [6, 6.07) is 10.5. The van der Waals surface area contributed by atoms with Crippen LogP contribution >= 0.6 is 0 Å². The van der Waals surface area contributed by atoms with Crippen molar-refractivity contribution < 1.29 is 0 Å². The molecule has 1 saturated carbocycles. The van der Waals surface area contributed by atoms with E-state index in [2.05, 4.69) is 68.2 Å². The fourth-order valence-corrected chi connectivity index (χ4v) is 3.67. The van der Waals surface area contributed by atoms with E-state index in [4.69, 9.17) is 0 Å². The van der Waals surface area contributed by atoms with Crippen molar-refractivity contribution in [3.8, 4) is 0 Å². The lowest BCUT2D eigenvalue weighted by atomic mass is 9.85. The fourth-order valence-electron chi connectivity index (χ4n) is 3.67. The quantitative estimate of drug-likeness (QED) is 0.437. The van der Waals surface area contributed by atoms with Gasteiger partial charge in [0.1, 0.15) is 0 Å². The van der Waals surface area contributed by atoms with Gasteiger partial charge in [0.2, 0.25) is 0 Å². The number of benzene rings is 1. The molecular formula is C22H31N. The molecule has 0 atom stereocenters. The molecule has 0 bridgehead atoms. The Hall–Kier alpha value is -1.63. The Kier molecular flexibility index (Phi) is 6.83. The summed E-state index contributed by atoms with van der Waals surface area (Å²) >= 11 is 0. The predicted octanol–water partition coefficient (Wildman–Crippen LogP) is 6.21. The first-order valence-corrected chi connectivity index (χ1v) is 9.05. The van der Waals surface area contributed by atoms with Gasteiger partial charge in [0.15, 0.2) is 0 Å². The normalized spacial score (nSPS) is 18.0. The smallest absolute Gasteiger partial charge is 0.0645 e. The standard InChI is InChI=1S/C22H31N/c1-5-21(18-11-9-10-12-18)20(15-17(2)3)16-22(23-4)19-13-7-6-8-14-19/h5-8,13-14,16-18H,9-12,15H2,1-4H3/b20-16-,21-5-,23-22-. The number of aliphatic imine (C=N–C) groups is 1. The van der Waals surface area contributed by atoms with Gasteiger partial charge in [0.25, 0.3) is 0 Å². The molecule has 1 fully saturated rings. The Morgan fingerprint density at radius 2 is 1.83 bits per heavy atom. The maximum atomic E-state index is 4.56. The van der Waals surface area contributed by atoms with Gasteiger partial charge in [-0.05, 0) is 60.8 Å². The SMILES string of the molecule is C\C=C(/C(=C\C(=N\C)c1ccccc1)CC(C)C)C1CCCC1. The average Bonchev–Trinajstić information content (AvgIpc) is 3.07. The molecule has 0 heterocycles. The highest BCUT2D eigenvalue weighted by molar-refractivity contribution is 6.09. The lowest BCUT2D eigenvalue weighted by molar-refractivity contribution is 0.601. The first-order chi connectivity index (χ1) is 11.2. The summed E-state index contributed by atoms with van der Waals surface area (Å²) in [5, 5.41) is 0. The van der Waals surface area contributed by atoms with E-state index in [1.165, 1.54) is 36.8 Å². The van der Waals surface area contributed by atoms with Crippen molar-refractivity contribution >= 4 is 5.71 Å². The minimum absolute atomic E-state index is 0.659. The van der Waals surface area contributed by atoms with Crippen LogP contribution in [0, 0.1) is 11.8 Å². The van der Waals surface area contributed by atoms with Crippen molar-refractivity contribution in [2.45, 2.75) is 52.9 Å². The topological polar surface area (TPSA) is 12.4 Å². The summed E-state index contributed by atoms with van der Waals surface area (Å²) in [6.45, 7) is 6.81. The molecule has 0 radical (unpaired) electrons. The van der Waals surface area contributed by atoms with E-state index in [-0.39, 0.29) is 0 Å². The van der Waals surface area contributed by atoms with Crippen LogP contribution in [0.1, 0.15) is 58.4 Å². The fraction of sp³-hybridized carbons (Fsp3) is 0.500. The van der Waals surface area contributed by atoms with E-state index >= 15 is 0 Å². The number of rotatable bonds is 6. The summed E-state index contributed by atoms with van der Waals surface area (Å²) in [4.78, 5) is 4.56. The van der Waals surface area contributed by atoms with Crippen molar-refractivity contribution in [1.29, 1.82) is 0 Å². The third-order valence-corrected chi connectivity index (χ3v) is 4.73. The Labute approximate surface area is 142 Å². The van der Waals surface area contributed by atoms with Crippen LogP contribution in [0.25, 0.3) is 0 Å². The molecule has 0 spiro atoms. The van der Waals surface area contributed by atoms with Crippen LogP contribution in [-0.4, -0.2) is 12.8 Å². The van der Waals surface area contributed by atoms with Gasteiger partial charge in [-0.2, -0.15) is 0 Å². The predicted molar refractivity (Wildman–Crippen MR) is 102 cm³/mol. The van der Waals surface area contributed by atoms with Crippen LogP contribution in [0.15, 0.2) is 58.6 Å². The third-order valence-electron chi connectivity index (χ3n) is 4.73. The molecule has 0 amide bonds. The second-order valence-electron chi connectivity index (χ2n) is 6.97. The van der Waals surface area contributed by atoms with Gasteiger partial charge < -0.3 is 0 Å². The molecular weight excluding hydrogens is 278 g/mol. The largest absolute Gasteiger partial charge is 0.288 e. The maximum Gasteiger partial charge on any atom is 0.0645 e. The highest BCUT2D eigenvalue weighted by atomic mass is 14.7. The van der Waals surface area contributed by atoms with Crippen LogP contribution in [-0.2, 0) is 0 Å². The summed E-state index contributed by atoms with van der Waals surface area (Å²) in [5.41, 5.74) is 5.35. The first kappa shape index (κ1) is 17.7. The van der Waals surface area contributed by atoms with E-state index in [1.54, 1.807) is 5.57 Å². The van der Waals surface area contributed by atoms with Crippen LogP contribution in [0.2, 0.25) is 0 Å². The molecule has 23 heavy (non-hydrogen) atoms. The zero-order valence-electron chi connectivity index (χ0n) is 15.2. The molecule has 0 aromatic heterocycles. The average molecular weight is 309 g/mol. The molecule has 124 valence electrons. The molecule has 1 aromatic carbocycles. The van der Waals surface area contributed by atoms with E-state index < -0.39 is 0 Å². The lowest BCUT2D eigenvalue weighted by Crippen LogP contribution is -2.08. The number of hydrogen-bond acceptors (Lipinski definition) is 1. The maximum absolute atomic E-state index is 4.56. The van der Waals surface area contributed by atoms with Crippen molar-refractivity contribution in [1.82, 2.24) is 0 Å². The second-order valence-corrected chi connectivity index (χ2v) is 6.97. The minimum Gasteiger partial charge on any atom is -0.288 e. The van der Waals surface area contributed by atoms with Gasteiger partial charge in [-0.3, -0.25) is 4.99 Å². The van der Waals surface area contributed by atoms with Gasteiger partial charge in [-0.15, -0.1) is 0 Å². The van der Waals surface area contributed by atoms with Gasteiger partial charge in [-0.1, -0.05) is 63.1 Å². The van der Waals surface area contributed by atoms with Gasteiger partial charge in [-0.25, -0.2) is 0 Å². The van der Waals surface area contributed by atoms with Crippen molar-refractivity contribution in [2.75, 3.05) is 7.05 Å². The van der Waals surface area contributed by atoms with Gasteiger partial charge >= 0.3 is 0 Å². The van der Waals surface area contributed by atoms with Crippen LogP contribution in [0.5, 0.6) is 0 Å². The van der Waals surface area contributed by atoms with E-state index in [1.807, 2.05) is 7.05 Å². The molecule has 0 aliphatic heterocycles.